The molecule has 2 rings (SSSR count). The molecule has 1 saturated carbocycles. The van der Waals surface area contributed by atoms with Crippen LogP contribution in [0.5, 0.6) is 0 Å². The first-order valence-electron chi connectivity index (χ1n) is 4.17. The minimum atomic E-state index is -0.266. The van der Waals surface area contributed by atoms with Gasteiger partial charge in [0.1, 0.15) is 0 Å². The molecule has 1 aromatic rings. The van der Waals surface area contributed by atoms with Gasteiger partial charge in [-0.05, 0) is 24.5 Å². The molecule has 0 aliphatic heterocycles. The second-order valence-corrected chi connectivity index (χ2v) is 3.32. The van der Waals surface area contributed by atoms with Crippen LogP contribution in [0, 0.1) is 5.92 Å². The SMILES string of the molecule is OC(CC1CC1)c1ccc[nH]1. The molecular weight excluding hydrogens is 138 g/mol. The van der Waals surface area contributed by atoms with Crippen molar-refractivity contribution in [2.24, 2.45) is 5.92 Å². The van der Waals surface area contributed by atoms with E-state index in [1.165, 1.54) is 12.8 Å². The summed E-state index contributed by atoms with van der Waals surface area (Å²) in [6.45, 7) is 0. The normalized spacial score (nSPS) is 20.1. The number of aliphatic hydroxyl groups is 1. The van der Waals surface area contributed by atoms with E-state index in [-0.39, 0.29) is 6.10 Å². The maximum atomic E-state index is 9.59. The monoisotopic (exact) mass is 151 g/mol. The van der Waals surface area contributed by atoms with Crippen molar-refractivity contribution >= 4 is 0 Å². The minimum Gasteiger partial charge on any atom is -0.387 e. The van der Waals surface area contributed by atoms with Crippen LogP contribution in [0.25, 0.3) is 0 Å². The van der Waals surface area contributed by atoms with E-state index in [1.54, 1.807) is 0 Å². The molecule has 11 heavy (non-hydrogen) atoms. The second kappa shape index (κ2) is 2.70. The zero-order valence-electron chi connectivity index (χ0n) is 6.46. The lowest BCUT2D eigenvalue weighted by atomic mass is 10.1. The summed E-state index contributed by atoms with van der Waals surface area (Å²) < 4.78 is 0. The van der Waals surface area contributed by atoms with Crippen molar-refractivity contribution in [2.75, 3.05) is 0 Å². The first kappa shape index (κ1) is 6.92. The summed E-state index contributed by atoms with van der Waals surface area (Å²) in [5, 5.41) is 9.59. The van der Waals surface area contributed by atoms with Crippen molar-refractivity contribution < 1.29 is 5.11 Å². The molecule has 1 unspecified atom stereocenters. The van der Waals surface area contributed by atoms with Gasteiger partial charge in [0.25, 0.3) is 0 Å². The van der Waals surface area contributed by atoms with Crippen LogP contribution in [0.3, 0.4) is 0 Å². The quantitative estimate of drug-likeness (QED) is 0.679. The lowest BCUT2D eigenvalue weighted by Gasteiger charge is -2.06. The van der Waals surface area contributed by atoms with E-state index in [0.717, 1.165) is 18.0 Å². The van der Waals surface area contributed by atoms with Crippen molar-refractivity contribution in [3.8, 4) is 0 Å². The van der Waals surface area contributed by atoms with E-state index in [1.807, 2.05) is 18.3 Å². The van der Waals surface area contributed by atoms with Crippen LogP contribution >= 0.6 is 0 Å². The van der Waals surface area contributed by atoms with Gasteiger partial charge in [0.15, 0.2) is 0 Å². The number of aromatic nitrogens is 1. The summed E-state index contributed by atoms with van der Waals surface area (Å²) in [4.78, 5) is 3.02. The fraction of sp³-hybridized carbons (Fsp3) is 0.556. The van der Waals surface area contributed by atoms with Crippen LogP contribution < -0.4 is 0 Å². The van der Waals surface area contributed by atoms with E-state index in [4.69, 9.17) is 0 Å². The minimum absolute atomic E-state index is 0.266. The van der Waals surface area contributed by atoms with Gasteiger partial charge in [-0.25, -0.2) is 0 Å². The highest BCUT2D eigenvalue weighted by molar-refractivity contribution is 5.07. The van der Waals surface area contributed by atoms with E-state index < -0.39 is 0 Å². The van der Waals surface area contributed by atoms with Gasteiger partial charge in [-0.3, -0.25) is 0 Å². The Morgan fingerprint density at radius 1 is 1.64 bits per heavy atom. The van der Waals surface area contributed by atoms with Crippen molar-refractivity contribution in [3.63, 3.8) is 0 Å². The Bertz CT molecular complexity index is 213. The fourth-order valence-corrected chi connectivity index (χ4v) is 1.35. The number of aromatic amines is 1. The molecule has 2 nitrogen and oxygen atoms in total. The highest BCUT2D eigenvalue weighted by Crippen LogP contribution is 2.37. The summed E-state index contributed by atoms with van der Waals surface area (Å²) in [6, 6.07) is 3.86. The molecule has 0 radical (unpaired) electrons. The summed E-state index contributed by atoms with van der Waals surface area (Å²) in [7, 11) is 0. The molecule has 1 aliphatic carbocycles. The van der Waals surface area contributed by atoms with Gasteiger partial charge in [0, 0.05) is 11.9 Å². The fourth-order valence-electron chi connectivity index (χ4n) is 1.35. The molecule has 60 valence electrons. The summed E-state index contributed by atoms with van der Waals surface area (Å²) >= 11 is 0. The van der Waals surface area contributed by atoms with E-state index in [9.17, 15) is 5.11 Å². The Kier molecular flexibility index (Phi) is 1.70. The zero-order chi connectivity index (χ0) is 7.68. The molecule has 0 saturated heterocycles. The molecule has 0 bridgehead atoms. The number of hydrogen-bond donors (Lipinski definition) is 2. The van der Waals surface area contributed by atoms with Crippen molar-refractivity contribution in [2.45, 2.75) is 25.4 Å². The summed E-state index contributed by atoms with van der Waals surface area (Å²) in [5.41, 5.74) is 0.955. The Balaban J connectivity index is 1.93. The average Bonchev–Trinajstić information content (AvgIpc) is 2.67. The predicted octanol–water partition coefficient (Wildman–Crippen LogP) is 1.85. The molecule has 1 aromatic heterocycles. The van der Waals surface area contributed by atoms with Crippen molar-refractivity contribution in [3.05, 3.63) is 24.0 Å². The third kappa shape index (κ3) is 1.63. The molecule has 2 heteroatoms. The molecule has 2 N–H and O–H groups in total. The predicted molar refractivity (Wildman–Crippen MR) is 43.1 cm³/mol. The number of rotatable bonds is 3. The van der Waals surface area contributed by atoms with E-state index >= 15 is 0 Å². The molecular formula is C9H13NO. The second-order valence-electron chi connectivity index (χ2n) is 3.32. The Morgan fingerprint density at radius 2 is 2.45 bits per heavy atom. The molecule has 1 atom stereocenters. The Morgan fingerprint density at radius 3 is 3.00 bits per heavy atom. The van der Waals surface area contributed by atoms with Gasteiger partial charge in [0.05, 0.1) is 6.10 Å². The molecule has 0 aromatic carbocycles. The highest BCUT2D eigenvalue weighted by atomic mass is 16.3. The first-order valence-corrected chi connectivity index (χ1v) is 4.17. The molecule has 0 amide bonds. The van der Waals surface area contributed by atoms with E-state index in [0.29, 0.717) is 0 Å². The summed E-state index contributed by atoms with van der Waals surface area (Å²) in [6.07, 6.45) is 5.12. The van der Waals surface area contributed by atoms with Gasteiger partial charge in [-0.2, -0.15) is 0 Å². The maximum absolute atomic E-state index is 9.59. The van der Waals surface area contributed by atoms with Crippen molar-refractivity contribution in [1.29, 1.82) is 0 Å². The van der Waals surface area contributed by atoms with Gasteiger partial charge >= 0.3 is 0 Å². The topological polar surface area (TPSA) is 36.0 Å². The lowest BCUT2D eigenvalue weighted by molar-refractivity contribution is 0.156. The zero-order valence-corrected chi connectivity index (χ0v) is 6.46. The van der Waals surface area contributed by atoms with Crippen LogP contribution in [-0.4, -0.2) is 10.1 Å². The largest absolute Gasteiger partial charge is 0.387 e. The average molecular weight is 151 g/mol. The number of nitrogens with one attached hydrogen (secondary N) is 1. The van der Waals surface area contributed by atoms with Crippen LogP contribution in [0.1, 0.15) is 31.1 Å². The molecule has 1 heterocycles. The third-order valence-electron chi connectivity index (χ3n) is 2.23. The van der Waals surface area contributed by atoms with Gasteiger partial charge in [-0.1, -0.05) is 12.8 Å². The lowest BCUT2D eigenvalue weighted by Crippen LogP contribution is -1.98. The standard InChI is InChI=1S/C9H13NO/c11-9(6-7-3-4-7)8-2-1-5-10-8/h1-2,5,7,9-11H,3-4,6H2. The highest BCUT2D eigenvalue weighted by Gasteiger charge is 2.25. The number of hydrogen-bond acceptors (Lipinski definition) is 1. The van der Waals surface area contributed by atoms with Crippen LogP contribution in [0.2, 0.25) is 0 Å². The number of aliphatic hydroxyl groups excluding tert-OH is 1. The maximum Gasteiger partial charge on any atom is 0.0940 e. The Labute approximate surface area is 66.3 Å². The first-order chi connectivity index (χ1) is 5.36. The van der Waals surface area contributed by atoms with Gasteiger partial charge in [0.2, 0.25) is 0 Å². The van der Waals surface area contributed by atoms with Crippen LogP contribution in [0.4, 0.5) is 0 Å². The molecule has 1 aliphatic rings. The van der Waals surface area contributed by atoms with Crippen LogP contribution in [-0.2, 0) is 0 Å². The van der Waals surface area contributed by atoms with E-state index in [2.05, 4.69) is 4.98 Å². The summed E-state index contributed by atoms with van der Waals surface area (Å²) in [5.74, 6) is 0.785. The smallest absolute Gasteiger partial charge is 0.0940 e. The molecule has 0 spiro atoms. The third-order valence-corrected chi connectivity index (χ3v) is 2.23. The van der Waals surface area contributed by atoms with Crippen molar-refractivity contribution in [1.82, 2.24) is 4.98 Å². The van der Waals surface area contributed by atoms with Crippen LogP contribution in [0.15, 0.2) is 18.3 Å². The van der Waals surface area contributed by atoms with Gasteiger partial charge < -0.3 is 10.1 Å². The Hall–Kier alpha value is -0.760. The van der Waals surface area contributed by atoms with Gasteiger partial charge in [-0.15, -0.1) is 0 Å². The number of H-pyrrole nitrogens is 1. The molecule has 1 fully saturated rings.